The van der Waals surface area contributed by atoms with Gasteiger partial charge in [0, 0.05) is 11.1 Å². The third kappa shape index (κ3) is 0.848. The van der Waals surface area contributed by atoms with Gasteiger partial charge in [0.15, 0.2) is 0 Å². The molecule has 1 heterocycles. The third-order valence-corrected chi connectivity index (χ3v) is 2.80. The van der Waals surface area contributed by atoms with E-state index in [1.807, 2.05) is 0 Å². The quantitative estimate of drug-likeness (QED) is 0.614. The second kappa shape index (κ2) is 2.35. The Morgan fingerprint density at radius 1 is 1.25 bits per heavy atom. The summed E-state index contributed by atoms with van der Waals surface area (Å²) in [5, 5.41) is 0.348. The number of nitrogen functional groups attached to an aromatic ring is 2. The lowest BCUT2D eigenvalue weighted by Gasteiger charge is -1.93. The van der Waals surface area contributed by atoms with Crippen LogP contribution in [0.1, 0.15) is 0 Å². The molecule has 0 radical (unpaired) electrons. The zero-order chi connectivity index (χ0) is 8.72. The van der Waals surface area contributed by atoms with Gasteiger partial charge in [-0.1, -0.05) is 12.1 Å². The lowest BCUT2D eigenvalue weighted by molar-refractivity contribution is 0.662. The smallest absolute Gasteiger partial charge is 0.200 e. The Balaban J connectivity index is 2.95. The molecule has 2 aromatic rings. The van der Waals surface area contributed by atoms with Gasteiger partial charge in [-0.05, 0) is 6.07 Å². The van der Waals surface area contributed by atoms with Gasteiger partial charge in [0.25, 0.3) is 0 Å². The van der Waals surface area contributed by atoms with Gasteiger partial charge in [-0.3, -0.25) is 0 Å². The molecule has 0 aliphatic heterocycles. The fourth-order valence-corrected chi connectivity index (χ4v) is 2.00. The zero-order valence-electron chi connectivity index (χ0n) is 6.17. The highest BCUT2D eigenvalue weighted by Crippen LogP contribution is 2.35. The van der Waals surface area contributed by atoms with E-state index in [2.05, 4.69) is 0 Å². The topological polar surface area (TPSA) is 52.0 Å². The third-order valence-electron chi connectivity index (χ3n) is 1.74. The lowest BCUT2D eigenvalue weighted by Crippen LogP contribution is -1.86. The van der Waals surface area contributed by atoms with Crippen LogP contribution in [0.3, 0.4) is 0 Å². The molecule has 62 valence electrons. The van der Waals surface area contributed by atoms with Gasteiger partial charge in [0.2, 0.25) is 5.13 Å². The molecule has 0 aliphatic rings. The van der Waals surface area contributed by atoms with E-state index in [1.54, 1.807) is 18.2 Å². The maximum absolute atomic E-state index is 13.0. The van der Waals surface area contributed by atoms with Gasteiger partial charge in [-0.15, -0.1) is 11.3 Å². The molecule has 0 atom stereocenters. The number of nitrogens with two attached hydrogens (primary N) is 2. The molecule has 0 saturated heterocycles. The minimum Gasteiger partial charge on any atom is -0.398 e. The average Bonchev–Trinajstić information content (AvgIpc) is 2.32. The molecule has 0 bridgehead atoms. The van der Waals surface area contributed by atoms with Crippen LogP contribution in [0, 0.1) is 5.13 Å². The largest absolute Gasteiger partial charge is 0.398 e. The Hall–Kier alpha value is -1.29. The van der Waals surface area contributed by atoms with Gasteiger partial charge in [-0.25, -0.2) is 0 Å². The van der Waals surface area contributed by atoms with Crippen molar-refractivity contribution in [1.82, 2.24) is 0 Å². The highest BCUT2D eigenvalue weighted by Gasteiger charge is 2.09. The molecule has 0 spiro atoms. The number of fused-ring (bicyclic) bond motifs is 1. The molecule has 0 fully saturated rings. The first-order valence-corrected chi connectivity index (χ1v) is 4.24. The van der Waals surface area contributed by atoms with Crippen molar-refractivity contribution in [3.8, 4) is 0 Å². The first-order valence-electron chi connectivity index (χ1n) is 3.42. The van der Waals surface area contributed by atoms with Crippen molar-refractivity contribution < 1.29 is 4.39 Å². The minimum atomic E-state index is -0.358. The molecule has 0 amide bonds. The first kappa shape index (κ1) is 7.36. The van der Waals surface area contributed by atoms with Crippen molar-refractivity contribution in [2.24, 2.45) is 0 Å². The van der Waals surface area contributed by atoms with E-state index < -0.39 is 0 Å². The zero-order valence-corrected chi connectivity index (χ0v) is 6.99. The maximum Gasteiger partial charge on any atom is 0.200 e. The van der Waals surface area contributed by atoms with Crippen LogP contribution in [0.15, 0.2) is 18.2 Å². The fraction of sp³-hybridized carbons (Fsp3) is 0. The molecule has 2 nitrogen and oxygen atoms in total. The van der Waals surface area contributed by atoms with E-state index in [1.165, 1.54) is 0 Å². The summed E-state index contributed by atoms with van der Waals surface area (Å²) in [5.74, 6) is 0. The number of anilines is 2. The van der Waals surface area contributed by atoms with Crippen molar-refractivity contribution in [3.05, 3.63) is 23.3 Å². The molecular weight excluding hydrogens is 175 g/mol. The van der Waals surface area contributed by atoms with E-state index >= 15 is 0 Å². The van der Waals surface area contributed by atoms with Gasteiger partial charge >= 0.3 is 0 Å². The van der Waals surface area contributed by atoms with Crippen molar-refractivity contribution in [1.29, 1.82) is 0 Å². The van der Waals surface area contributed by atoms with Crippen LogP contribution < -0.4 is 11.5 Å². The summed E-state index contributed by atoms with van der Waals surface area (Å²) >= 11 is 0.989. The highest BCUT2D eigenvalue weighted by molar-refractivity contribution is 7.18. The maximum atomic E-state index is 13.0. The van der Waals surface area contributed by atoms with Crippen LogP contribution in [0.4, 0.5) is 15.8 Å². The van der Waals surface area contributed by atoms with Crippen molar-refractivity contribution in [3.63, 3.8) is 0 Å². The van der Waals surface area contributed by atoms with Crippen LogP contribution in [0.25, 0.3) is 10.1 Å². The standard InChI is InChI=1S/C8H7FN2S/c9-8-6(11)4-2-1-3-5(10)7(4)12-8/h1-3H,10-11H2. The van der Waals surface area contributed by atoms with Crippen LogP contribution >= 0.6 is 11.3 Å². The molecule has 4 N–H and O–H groups in total. The van der Waals surface area contributed by atoms with Gasteiger partial charge in [0.1, 0.15) is 0 Å². The van der Waals surface area contributed by atoms with Gasteiger partial charge < -0.3 is 11.5 Å². The van der Waals surface area contributed by atoms with Crippen molar-refractivity contribution in [2.75, 3.05) is 11.5 Å². The molecule has 1 aromatic carbocycles. The number of hydrogen-bond acceptors (Lipinski definition) is 3. The molecule has 0 saturated carbocycles. The minimum absolute atomic E-state index is 0.197. The molecule has 2 rings (SSSR count). The van der Waals surface area contributed by atoms with Crippen molar-refractivity contribution >= 4 is 32.8 Å². The Bertz CT molecular complexity index is 436. The summed E-state index contributed by atoms with van der Waals surface area (Å²) in [4.78, 5) is 0. The second-order valence-corrected chi connectivity index (χ2v) is 3.48. The van der Waals surface area contributed by atoms with Crippen LogP contribution in [0.2, 0.25) is 0 Å². The molecular formula is C8H7FN2S. The Labute approximate surface area is 72.6 Å². The van der Waals surface area contributed by atoms with E-state index in [0.717, 1.165) is 16.0 Å². The normalized spacial score (nSPS) is 10.8. The van der Waals surface area contributed by atoms with E-state index in [9.17, 15) is 4.39 Å². The summed E-state index contributed by atoms with van der Waals surface area (Å²) in [7, 11) is 0. The fourth-order valence-electron chi connectivity index (χ4n) is 1.13. The number of rotatable bonds is 0. The number of halogens is 1. The Kier molecular flexibility index (Phi) is 1.44. The number of hydrogen-bond donors (Lipinski definition) is 2. The summed E-state index contributed by atoms with van der Waals surface area (Å²) < 4.78 is 13.7. The molecule has 12 heavy (non-hydrogen) atoms. The highest BCUT2D eigenvalue weighted by atomic mass is 32.1. The van der Waals surface area contributed by atoms with Gasteiger partial charge in [-0.2, -0.15) is 4.39 Å². The summed E-state index contributed by atoms with van der Waals surface area (Å²) in [6.07, 6.45) is 0. The number of thiophene rings is 1. The average molecular weight is 182 g/mol. The van der Waals surface area contributed by atoms with Crippen LogP contribution in [0.5, 0.6) is 0 Å². The Morgan fingerprint density at radius 3 is 2.67 bits per heavy atom. The second-order valence-electron chi connectivity index (χ2n) is 2.51. The van der Waals surface area contributed by atoms with E-state index in [0.29, 0.717) is 11.1 Å². The number of benzene rings is 1. The van der Waals surface area contributed by atoms with E-state index in [-0.39, 0.29) is 10.8 Å². The van der Waals surface area contributed by atoms with Crippen molar-refractivity contribution in [2.45, 2.75) is 0 Å². The monoisotopic (exact) mass is 182 g/mol. The SMILES string of the molecule is Nc1c(F)sc2c(N)cccc12. The summed E-state index contributed by atoms with van der Waals surface area (Å²) in [6, 6.07) is 5.26. The Morgan fingerprint density at radius 2 is 2.00 bits per heavy atom. The molecule has 0 aliphatic carbocycles. The van der Waals surface area contributed by atoms with Crippen LogP contribution in [-0.4, -0.2) is 0 Å². The predicted octanol–water partition coefficient (Wildman–Crippen LogP) is 2.20. The first-order chi connectivity index (χ1) is 5.70. The van der Waals surface area contributed by atoms with Gasteiger partial charge in [0.05, 0.1) is 10.4 Å². The molecule has 0 unspecified atom stereocenters. The van der Waals surface area contributed by atoms with Crippen LogP contribution in [-0.2, 0) is 0 Å². The molecule has 4 heteroatoms. The summed E-state index contributed by atoms with van der Waals surface area (Å²) in [5.41, 5.74) is 11.9. The predicted molar refractivity (Wildman–Crippen MR) is 50.6 cm³/mol. The lowest BCUT2D eigenvalue weighted by atomic mass is 10.2. The summed E-state index contributed by atoms with van der Waals surface area (Å²) in [6.45, 7) is 0. The molecule has 1 aromatic heterocycles. The van der Waals surface area contributed by atoms with E-state index in [4.69, 9.17) is 11.5 Å².